The van der Waals surface area contributed by atoms with Gasteiger partial charge in [0.1, 0.15) is 0 Å². The van der Waals surface area contributed by atoms with Crippen LogP contribution in [0.5, 0.6) is 0 Å². The summed E-state index contributed by atoms with van der Waals surface area (Å²) < 4.78 is 0. The molecule has 1 aliphatic heterocycles. The highest BCUT2D eigenvalue weighted by molar-refractivity contribution is 8.00. The largest absolute Gasteiger partial charge is 0.310 e. The van der Waals surface area contributed by atoms with Crippen LogP contribution in [0, 0.1) is 5.92 Å². The quantitative estimate of drug-likeness (QED) is 0.854. The molecule has 0 saturated carbocycles. The summed E-state index contributed by atoms with van der Waals surface area (Å²) in [6.07, 6.45) is 1.24. The van der Waals surface area contributed by atoms with Gasteiger partial charge in [-0.3, -0.25) is 0 Å². The third-order valence-electron chi connectivity index (χ3n) is 2.96. The lowest BCUT2D eigenvalue weighted by Crippen LogP contribution is -2.29. The second-order valence-corrected chi connectivity index (χ2v) is 6.54. The Morgan fingerprint density at radius 1 is 1.38 bits per heavy atom. The summed E-state index contributed by atoms with van der Waals surface area (Å²) in [6, 6.07) is 9.37. The fourth-order valence-electron chi connectivity index (χ4n) is 2.17. The van der Waals surface area contributed by atoms with Crippen LogP contribution in [0.2, 0.25) is 0 Å². The van der Waals surface area contributed by atoms with Crippen LogP contribution in [0.1, 0.15) is 38.8 Å². The van der Waals surface area contributed by atoms with E-state index in [0.29, 0.717) is 6.04 Å². The number of hydrogen-bond donors (Lipinski definition) is 1. The van der Waals surface area contributed by atoms with Crippen LogP contribution >= 0.6 is 11.8 Å². The highest BCUT2D eigenvalue weighted by Crippen LogP contribution is 2.40. The van der Waals surface area contributed by atoms with E-state index in [0.717, 1.165) is 17.7 Å². The molecule has 1 heterocycles. The molecule has 0 aromatic heterocycles. The van der Waals surface area contributed by atoms with Crippen LogP contribution in [0.3, 0.4) is 0 Å². The molecule has 1 aromatic carbocycles. The first-order valence-electron chi connectivity index (χ1n) is 6.15. The van der Waals surface area contributed by atoms with Crippen LogP contribution in [0.15, 0.2) is 29.2 Å². The van der Waals surface area contributed by atoms with Crippen LogP contribution < -0.4 is 5.32 Å². The molecule has 0 radical (unpaired) electrons. The van der Waals surface area contributed by atoms with Gasteiger partial charge in [-0.2, -0.15) is 0 Å². The topological polar surface area (TPSA) is 12.0 Å². The maximum atomic E-state index is 3.69. The van der Waals surface area contributed by atoms with E-state index in [4.69, 9.17) is 0 Å². The van der Waals surface area contributed by atoms with Gasteiger partial charge >= 0.3 is 0 Å². The second-order valence-electron chi connectivity index (χ2n) is 5.06. The van der Waals surface area contributed by atoms with E-state index in [-0.39, 0.29) is 0 Å². The van der Waals surface area contributed by atoms with Crippen molar-refractivity contribution in [1.82, 2.24) is 5.32 Å². The van der Waals surface area contributed by atoms with Gasteiger partial charge in [0, 0.05) is 16.2 Å². The molecule has 0 amide bonds. The summed E-state index contributed by atoms with van der Waals surface area (Å²) in [6.45, 7) is 7.96. The lowest BCUT2D eigenvalue weighted by molar-refractivity contribution is 0.444. The van der Waals surface area contributed by atoms with Gasteiger partial charge in [0.15, 0.2) is 0 Å². The minimum absolute atomic E-state index is 0.551. The van der Waals surface area contributed by atoms with E-state index >= 15 is 0 Å². The van der Waals surface area contributed by atoms with E-state index in [1.807, 2.05) is 11.8 Å². The van der Waals surface area contributed by atoms with Crippen molar-refractivity contribution in [2.24, 2.45) is 5.92 Å². The van der Waals surface area contributed by atoms with Crippen molar-refractivity contribution in [3.63, 3.8) is 0 Å². The summed E-state index contributed by atoms with van der Waals surface area (Å²) in [7, 11) is 0. The molecular formula is C14H21NS. The van der Waals surface area contributed by atoms with E-state index in [1.165, 1.54) is 16.9 Å². The van der Waals surface area contributed by atoms with E-state index in [2.05, 4.69) is 50.4 Å². The number of fused-ring (bicyclic) bond motifs is 1. The Hall–Kier alpha value is -0.470. The minimum atomic E-state index is 0.551. The zero-order chi connectivity index (χ0) is 11.5. The predicted molar refractivity (Wildman–Crippen MR) is 72.0 cm³/mol. The molecule has 0 saturated heterocycles. The highest BCUT2D eigenvalue weighted by Gasteiger charge is 2.24. The second kappa shape index (κ2) is 5.24. The van der Waals surface area contributed by atoms with Crippen molar-refractivity contribution in [1.29, 1.82) is 0 Å². The first-order chi connectivity index (χ1) is 7.66. The van der Waals surface area contributed by atoms with Gasteiger partial charge in [0.25, 0.3) is 0 Å². The van der Waals surface area contributed by atoms with Crippen molar-refractivity contribution in [2.75, 3.05) is 6.54 Å². The summed E-state index contributed by atoms with van der Waals surface area (Å²) in [5.41, 5.74) is 1.49. The van der Waals surface area contributed by atoms with Crippen molar-refractivity contribution < 1.29 is 0 Å². The molecule has 2 rings (SSSR count). The molecule has 88 valence electrons. The number of nitrogens with one attached hydrogen (secondary N) is 1. The number of thioether (sulfide) groups is 1. The molecule has 2 unspecified atom stereocenters. The Bertz CT molecular complexity index is 348. The molecule has 2 heteroatoms. The Labute approximate surface area is 103 Å². The van der Waals surface area contributed by atoms with Crippen molar-refractivity contribution in [3.8, 4) is 0 Å². The standard InChI is InChI=1S/C14H21NS/c1-10(2)9-15-13-8-11(3)16-14-7-5-4-6-12(13)14/h4-7,10-11,13,15H,8-9H2,1-3H3. The fraction of sp³-hybridized carbons (Fsp3) is 0.571. The van der Waals surface area contributed by atoms with Gasteiger partial charge in [-0.25, -0.2) is 0 Å². The molecule has 1 N–H and O–H groups in total. The molecule has 0 spiro atoms. The number of rotatable bonds is 3. The zero-order valence-electron chi connectivity index (χ0n) is 10.4. The minimum Gasteiger partial charge on any atom is -0.310 e. The summed E-state index contributed by atoms with van der Waals surface area (Å²) >= 11 is 2.01. The number of hydrogen-bond acceptors (Lipinski definition) is 2. The van der Waals surface area contributed by atoms with Crippen molar-refractivity contribution >= 4 is 11.8 Å². The Morgan fingerprint density at radius 2 is 2.12 bits per heavy atom. The molecule has 1 aromatic rings. The third kappa shape index (κ3) is 2.80. The molecule has 0 bridgehead atoms. The maximum absolute atomic E-state index is 3.69. The van der Waals surface area contributed by atoms with Crippen LogP contribution in [-0.2, 0) is 0 Å². The van der Waals surface area contributed by atoms with Gasteiger partial charge in [0.05, 0.1) is 0 Å². The lowest BCUT2D eigenvalue weighted by Gasteiger charge is -2.30. The Kier molecular flexibility index (Phi) is 3.93. The normalized spacial score (nSPS) is 24.5. The Balaban J connectivity index is 2.13. The molecule has 16 heavy (non-hydrogen) atoms. The zero-order valence-corrected chi connectivity index (χ0v) is 11.2. The van der Waals surface area contributed by atoms with Gasteiger partial charge < -0.3 is 5.32 Å². The Morgan fingerprint density at radius 3 is 2.88 bits per heavy atom. The lowest BCUT2D eigenvalue weighted by atomic mass is 10.0. The molecule has 0 aliphatic carbocycles. The SMILES string of the molecule is CC(C)CNC1CC(C)Sc2ccccc21. The van der Waals surface area contributed by atoms with Crippen molar-refractivity contribution in [3.05, 3.63) is 29.8 Å². The fourth-order valence-corrected chi connectivity index (χ4v) is 3.40. The van der Waals surface area contributed by atoms with Crippen LogP contribution in [0.25, 0.3) is 0 Å². The first-order valence-corrected chi connectivity index (χ1v) is 7.03. The summed E-state index contributed by atoms with van der Waals surface area (Å²) in [5, 5.41) is 4.42. The van der Waals surface area contributed by atoms with Gasteiger partial charge in [0.2, 0.25) is 0 Å². The predicted octanol–water partition coefficient (Wildman–Crippen LogP) is 3.86. The molecule has 0 fully saturated rings. The van der Waals surface area contributed by atoms with Gasteiger partial charge in [-0.15, -0.1) is 11.8 Å². The first kappa shape index (κ1) is 12.0. The van der Waals surface area contributed by atoms with Gasteiger partial charge in [-0.05, 0) is 30.5 Å². The summed E-state index contributed by atoms with van der Waals surface area (Å²) in [4.78, 5) is 1.46. The van der Waals surface area contributed by atoms with E-state index < -0.39 is 0 Å². The molecule has 1 nitrogen and oxygen atoms in total. The molecular weight excluding hydrogens is 214 g/mol. The highest BCUT2D eigenvalue weighted by atomic mass is 32.2. The van der Waals surface area contributed by atoms with Crippen LogP contribution in [0.4, 0.5) is 0 Å². The number of benzene rings is 1. The van der Waals surface area contributed by atoms with Crippen LogP contribution in [-0.4, -0.2) is 11.8 Å². The third-order valence-corrected chi connectivity index (χ3v) is 4.18. The maximum Gasteiger partial charge on any atom is 0.0342 e. The van der Waals surface area contributed by atoms with Gasteiger partial charge in [-0.1, -0.05) is 39.0 Å². The van der Waals surface area contributed by atoms with E-state index in [1.54, 1.807) is 0 Å². The smallest absolute Gasteiger partial charge is 0.0342 e. The van der Waals surface area contributed by atoms with E-state index in [9.17, 15) is 0 Å². The average molecular weight is 235 g/mol. The van der Waals surface area contributed by atoms with Crippen molar-refractivity contribution in [2.45, 2.75) is 43.4 Å². The average Bonchev–Trinajstić information content (AvgIpc) is 2.25. The summed E-state index contributed by atoms with van der Waals surface area (Å²) in [5.74, 6) is 0.719. The molecule has 2 atom stereocenters. The molecule has 1 aliphatic rings. The monoisotopic (exact) mass is 235 g/mol.